The van der Waals surface area contributed by atoms with Crippen LogP contribution < -0.4 is 48.1 Å². The lowest BCUT2D eigenvalue weighted by atomic mass is 9.80. The number of Topliss-reactive ketones (excluding diaryl/α,β-unsaturated/α-hetero) is 3. The lowest BCUT2D eigenvalue weighted by molar-refractivity contribution is -0.147. The molecule has 36 heteroatoms. The second-order valence-corrected chi connectivity index (χ2v) is 33.3. The molecule has 0 saturated heterocycles. The van der Waals surface area contributed by atoms with E-state index in [0.717, 1.165) is 56.3 Å². The number of hydrogen-bond donors (Lipinski definition) is 11. The number of nitrogens with two attached hydrogens (primary N) is 1. The normalized spacial score (nSPS) is 18.1. The van der Waals surface area contributed by atoms with Crippen LogP contribution in [0.1, 0.15) is 155 Å². The van der Waals surface area contributed by atoms with Gasteiger partial charge in [0.2, 0.25) is 29.6 Å². The molecule has 0 radical (unpaired) electrons. The third-order valence-corrected chi connectivity index (χ3v) is 24.5. The van der Waals surface area contributed by atoms with Gasteiger partial charge in [-0.3, -0.25) is 67.7 Å². The number of ketones is 3. The van der Waals surface area contributed by atoms with Gasteiger partial charge in [-0.15, -0.1) is 23.2 Å². The molecule has 0 spiro atoms. The number of carboxylic acids is 2. The minimum atomic E-state index is -1.55. The Balaban J connectivity index is 0.721. The van der Waals surface area contributed by atoms with E-state index in [1.807, 2.05) is 62.1 Å². The van der Waals surface area contributed by atoms with E-state index in [-0.39, 0.29) is 110 Å². The largest absolute Gasteiger partial charge is 0.480 e. The van der Waals surface area contributed by atoms with Crippen molar-refractivity contribution in [3.8, 4) is 0 Å². The zero-order valence-corrected chi connectivity index (χ0v) is 71.0. The molecule has 8 bridgehead atoms. The highest BCUT2D eigenvalue weighted by Gasteiger charge is 2.51. The fourth-order valence-electron chi connectivity index (χ4n) is 15.5. The molecule has 0 fully saturated rings. The number of allylic oxidation sites excluding steroid dienone is 7. The second-order valence-electron chi connectivity index (χ2n) is 29.9. The number of aliphatic imine (C=N–C) groups is 2. The van der Waals surface area contributed by atoms with Crippen LogP contribution in [0.4, 0.5) is 17.3 Å². The summed E-state index contributed by atoms with van der Waals surface area (Å²) in [5, 5.41) is 36.5. The summed E-state index contributed by atoms with van der Waals surface area (Å²) >= 11 is 12.3. The highest BCUT2D eigenvalue weighted by Crippen LogP contribution is 2.51. The van der Waals surface area contributed by atoms with Gasteiger partial charge in [0.25, 0.3) is 11.5 Å². The highest BCUT2D eigenvalue weighted by molar-refractivity contribution is 8.76. The molecule has 12 N–H and O–H groups in total. The molecule has 5 aromatic rings. The Morgan fingerprint density at radius 2 is 1.47 bits per heavy atom. The van der Waals surface area contributed by atoms with Crippen LogP contribution in [0.25, 0.3) is 23.3 Å². The Morgan fingerprint density at radius 1 is 0.767 bits per heavy atom. The van der Waals surface area contributed by atoms with Crippen LogP contribution in [0.2, 0.25) is 0 Å². The summed E-state index contributed by atoms with van der Waals surface area (Å²) < 4.78 is 10.8. The summed E-state index contributed by atoms with van der Waals surface area (Å²) in [6.07, 6.45) is 6.62. The number of alkyl halides is 2. The van der Waals surface area contributed by atoms with Crippen molar-refractivity contribution in [3.05, 3.63) is 150 Å². The van der Waals surface area contributed by atoms with Gasteiger partial charge in [0, 0.05) is 174 Å². The summed E-state index contributed by atoms with van der Waals surface area (Å²) in [4.78, 5) is 205. The van der Waals surface area contributed by atoms with Gasteiger partial charge in [-0.2, -0.15) is 4.98 Å². The van der Waals surface area contributed by atoms with E-state index < -0.39 is 138 Å². The molecule has 6 heterocycles. The number of fused-ring (bicyclic) bond motifs is 7. The lowest BCUT2D eigenvalue weighted by Gasteiger charge is -2.24. The molecule has 10 rings (SSSR count). The van der Waals surface area contributed by atoms with Crippen LogP contribution in [-0.4, -0.2) is 199 Å². The number of methoxy groups -OCH3 is 1. The smallest absolute Gasteiger partial charge is 0.327 e. The van der Waals surface area contributed by atoms with E-state index >= 15 is 0 Å². The Kier molecular flexibility index (Phi) is 32.1. The van der Waals surface area contributed by atoms with E-state index in [9.17, 15) is 72.5 Å². The lowest BCUT2D eigenvalue weighted by Crippen LogP contribution is -2.48. The van der Waals surface area contributed by atoms with Crippen LogP contribution in [0.5, 0.6) is 0 Å². The summed E-state index contributed by atoms with van der Waals surface area (Å²) in [5.41, 5.74) is 16.0. The SMILES string of the molecule is CCNC(=O)C[C@H](CC(=O)CC[C@H](NC(=O)c1ccc(NCc2cnc3nc(N)[nH]c(=O)c3n2)cc1)C(=O)O)C(=O)N[C@@H](CSSCCOC(=O)CCCNC(=O)C(Cc1ccc(N(CCCl)CCCl)cc1)NC(=O)CC[C@@H]1C2=NC(=Cc3[nH]c(c(C(C)=O)c3C)C=C3N=C(C=C4CC5=C2C(C(=O)OC)C(=O)C5=C4C)[C@H](CC)[C@H]3C)[C@H]1C)C(=O)O. The monoisotopic (exact) mass is 1720 g/mol. The summed E-state index contributed by atoms with van der Waals surface area (Å²) in [7, 11) is 3.43. The molecule has 120 heavy (non-hydrogen) atoms. The third-order valence-electron chi connectivity index (χ3n) is 21.8. The summed E-state index contributed by atoms with van der Waals surface area (Å²) in [6, 6.07) is 9.25. The number of amides is 5. The van der Waals surface area contributed by atoms with Crippen molar-refractivity contribution >= 4 is 168 Å². The molecule has 3 aliphatic heterocycles. The van der Waals surface area contributed by atoms with Crippen LogP contribution >= 0.6 is 44.8 Å². The Morgan fingerprint density at radius 3 is 2.14 bits per heavy atom. The maximum Gasteiger partial charge on any atom is 0.327 e. The number of ether oxygens (including phenoxy) is 2. The molecule has 638 valence electrons. The molecule has 5 amide bonds. The van der Waals surface area contributed by atoms with E-state index in [1.54, 1.807) is 19.1 Å². The van der Waals surface area contributed by atoms with Crippen molar-refractivity contribution in [2.45, 2.75) is 144 Å². The number of carboxylic acid groups (broad SMARTS) is 2. The van der Waals surface area contributed by atoms with Gasteiger partial charge >= 0.3 is 23.9 Å². The molecule has 5 aliphatic rings. The fourth-order valence-corrected chi connectivity index (χ4v) is 17.9. The number of rotatable bonds is 42. The fraction of sp³-hybridized carbons (Fsp3) is 0.452. The van der Waals surface area contributed by atoms with Crippen molar-refractivity contribution < 1.29 is 77.2 Å². The molecular formula is C84H99Cl2N15O17S2. The Labute approximate surface area is 710 Å². The number of anilines is 3. The van der Waals surface area contributed by atoms with E-state index in [1.165, 1.54) is 32.4 Å². The standard InChI is InChI=1S/C84H99Cl2N15O17S2/c1-9-55-43(4)59-38-63-69(46(7)102)45(6)61(94-63)37-60-44(5)56(73(96-60)71-57-34-49(35-62(55)93-59)42(3)70(57)75(107)72(71)83(116)117-8)22-24-66(104)95-64(32-47-13-19-53(20-14-47)101(28-25-85)29-26-86)79(110)89-27-11-12-68(106)118-30-31-119-120-41-65(82(114)115)98-78(109)50(36-67(105)88-10-2)33-54(103)21-23-58(81(112)113)97-77(108)48-15-17-51(18-16-48)90-39-52-40-91-76-74(92-52)80(111)100-84(87)99-76/h13-20,35,37-38,40,43-44,50,55-56,58,64-65,72,90,94H,9-12,21-34,36,39,41H2,1-8H3,(H,88,105)(H,89,110)(H,95,104)(H,97,108)(H,98,109)(H,112,113)(H,114,115)(H3,87,91,99,100,111)/t43-,44+,50+,55-,56+,58+,64?,65+,72?/m1/s1. The third kappa shape index (κ3) is 22.7. The Bertz CT molecular complexity index is 5110. The minimum absolute atomic E-state index is 0.00665. The topological polar surface area (TPSA) is 477 Å². The van der Waals surface area contributed by atoms with E-state index in [4.69, 9.17) is 48.4 Å². The zero-order valence-electron chi connectivity index (χ0n) is 67.8. The molecule has 0 saturated carbocycles. The van der Waals surface area contributed by atoms with Crippen molar-refractivity contribution in [2.24, 2.45) is 45.5 Å². The number of carbonyl (C=O) groups is 12. The van der Waals surface area contributed by atoms with Gasteiger partial charge in [0.05, 0.1) is 37.2 Å². The summed E-state index contributed by atoms with van der Waals surface area (Å²) in [5.74, 6) is -11.7. The number of nitrogens with one attached hydrogen (secondary N) is 8. The number of H-pyrrole nitrogens is 2. The quantitative estimate of drug-likeness (QED) is 0.00435. The van der Waals surface area contributed by atoms with E-state index in [0.29, 0.717) is 98.9 Å². The molecule has 9 atom stereocenters. The second kappa shape index (κ2) is 42.2. The maximum atomic E-state index is 14.8. The predicted molar refractivity (Wildman–Crippen MR) is 458 cm³/mol. The first-order chi connectivity index (χ1) is 57.4. The number of halogens is 2. The number of hydrogen-bond acceptors (Lipinski definition) is 25. The van der Waals surface area contributed by atoms with Gasteiger partial charge in [-0.25, -0.2) is 19.6 Å². The van der Waals surface area contributed by atoms with Crippen molar-refractivity contribution in [1.82, 2.24) is 51.5 Å². The van der Waals surface area contributed by atoms with Crippen molar-refractivity contribution in [2.75, 3.05) is 79.1 Å². The molecule has 2 aromatic carbocycles. The van der Waals surface area contributed by atoms with Crippen molar-refractivity contribution in [3.63, 3.8) is 0 Å². The first kappa shape index (κ1) is 91.2. The first-order valence-electron chi connectivity index (χ1n) is 39.7. The van der Waals surface area contributed by atoms with Crippen molar-refractivity contribution in [1.29, 1.82) is 0 Å². The number of aliphatic carboxylic acids is 2. The molecule has 2 aliphatic carbocycles. The number of nitrogens with zero attached hydrogens (tertiary/aromatic N) is 6. The molecule has 3 aromatic heterocycles. The average molecular weight is 1730 g/mol. The van der Waals surface area contributed by atoms with Crippen LogP contribution in [0.15, 0.2) is 115 Å². The van der Waals surface area contributed by atoms with Crippen LogP contribution in [0, 0.1) is 42.4 Å². The number of esters is 2. The predicted octanol–water partition coefficient (Wildman–Crippen LogP) is 8.53. The average Bonchev–Trinajstić information content (AvgIpc) is 1.56. The number of nitrogen functional groups attached to an aromatic ring is 1. The summed E-state index contributed by atoms with van der Waals surface area (Å²) in [6.45, 7) is 14.4. The van der Waals surface area contributed by atoms with E-state index in [2.05, 4.69) is 76.7 Å². The molecule has 32 nitrogen and oxygen atoms in total. The van der Waals surface area contributed by atoms with Gasteiger partial charge < -0.3 is 67.2 Å². The maximum absolute atomic E-state index is 14.8. The highest BCUT2D eigenvalue weighted by atomic mass is 35.5. The van der Waals surface area contributed by atoms with Crippen LogP contribution in [0.3, 0.4) is 0 Å². The number of benzene rings is 2. The van der Waals surface area contributed by atoms with Gasteiger partial charge in [0.15, 0.2) is 22.7 Å². The number of aromatic nitrogens is 5. The molecular weight excluding hydrogens is 1630 g/mol. The zero-order chi connectivity index (χ0) is 86.8. The minimum Gasteiger partial charge on any atom is -0.480 e. The van der Waals surface area contributed by atoms with Gasteiger partial charge in [0.1, 0.15) is 36.4 Å². The number of aromatic amines is 2. The first-order valence-corrected chi connectivity index (χ1v) is 43.2. The van der Waals surface area contributed by atoms with Gasteiger partial charge in [-0.1, -0.05) is 54.5 Å². The van der Waals surface area contributed by atoms with Gasteiger partial charge in [-0.05, 0) is 142 Å². The number of carbonyl (C=O) groups excluding carboxylic acids is 10. The molecule has 2 unspecified atom stereocenters. The Hall–Kier alpha value is -11.1. The van der Waals surface area contributed by atoms with Crippen LogP contribution in [-0.2, 0) is 70.4 Å².